The molecule has 112 valence electrons. The highest BCUT2D eigenvalue weighted by Crippen LogP contribution is 2.44. The molecule has 2 unspecified atom stereocenters. The summed E-state index contributed by atoms with van der Waals surface area (Å²) < 4.78 is 5.69. The molecule has 1 heterocycles. The van der Waals surface area contributed by atoms with E-state index in [2.05, 4.69) is 17.6 Å². The Balaban J connectivity index is 2.16. The molecule has 1 aliphatic carbocycles. The number of ketones is 1. The van der Waals surface area contributed by atoms with Gasteiger partial charge in [0.1, 0.15) is 0 Å². The first kappa shape index (κ1) is 14.9. The van der Waals surface area contributed by atoms with Crippen LogP contribution in [0.1, 0.15) is 24.8 Å². The zero-order chi connectivity index (χ0) is 15.0. The van der Waals surface area contributed by atoms with E-state index in [1.165, 1.54) is 0 Å². The van der Waals surface area contributed by atoms with Crippen molar-refractivity contribution in [3.63, 3.8) is 0 Å². The molecule has 0 saturated heterocycles. The third-order valence-electron chi connectivity index (χ3n) is 4.10. The summed E-state index contributed by atoms with van der Waals surface area (Å²) in [5, 5.41) is 0.552. The highest BCUT2D eigenvalue weighted by Gasteiger charge is 2.52. The van der Waals surface area contributed by atoms with Crippen LogP contribution in [-0.2, 0) is 15.1 Å². The number of hydrogen-bond donors (Lipinski definition) is 2. The first-order valence-electron chi connectivity index (χ1n) is 7.00. The molecule has 1 aromatic carbocycles. The molecule has 0 aromatic heterocycles. The van der Waals surface area contributed by atoms with Gasteiger partial charge in [-0.2, -0.15) is 12.6 Å². The average Bonchev–Trinajstić information content (AvgIpc) is 2.47. The van der Waals surface area contributed by atoms with Crippen LogP contribution in [0.25, 0.3) is 0 Å². The fourth-order valence-electron chi connectivity index (χ4n) is 3.02. The molecule has 1 aliphatic heterocycles. The second kappa shape index (κ2) is 5.63. The maximum atomic E-state index is 12.8. The van der Waals surface area contributed by atoms with Gasteiger partial charge in [-0.05, 0) is 25.3 Å². The van der Waals surface area contributed by atoms with Crippen molar-refractivity contribution >= 4 is 35.9 Å². The minimum absolute atomic E-state index is 0.0167. The second-order valence-electron chi connectivity index (χ2n) is 5.44. The summed E-state index contributed by atoms with van der Waals surface area (Å²) in [6, 6.07) is 6.95. The summed E-state index contributed by atoms with van der Waals surface area (Å²) in [4.78, 5) is 17.4. The van der Waals surface area contributed by atoms with Crippen molar-refractivity contribution in [1.29, 1.82) is 0 Å². The Morgan fingerprint density at radius 2 is 2.29 bits per heavy atom. The first-order chi connectivity index (χ1) is 10.1. The van der Waals surface area contributed by atoms with Crippen LogP contribution in [-0.4, -0.2) is 29.6 Å². The van der Waals surface area contributed by atoms with E-state index in [1.54, 1.807) is 6.07 Å². The Labute approximate surface area is 134 Å². The molecular weight excluding hydrogens is 308 g/mol. The number of nitrogens with zero attached hydrogens (tertiary/aromatic N) is 1. The van der Waals surface area contributed by atoms with E-state index in [1.807, 2.05) is 18.2 Å². The third-order valence-corrected chi connectivity index (χ3v) is 4.83. The Morgan fingerprint density at radius 1 is 1.52 bits per heavy atom. The quantitative estimate of drug-likeness (QED) is 0.839. The van der Waals surface area contributed by atoms with Gasteiger partial charge in [-0.1, -0.05) is 29.8 Å². The summed E-state index contributed by atoms with van der Waals surface area (Å²) >= 11 is 10.5. The molecule has 0 amide bonds. The Bertz CT molecular complexity index is 607. The van der Waals surface area contributed by atoms with Crippen molar-refractivity contribution in [1.82, 2.24) is 0 Å². The fourth-order valence-corrected chi connectivity index (χ4v) is 3.47. The number of nitrogens with two attached hydrogens (primary N) is 1. The number of rotatable bonds is 3. The predicted molar refractivity (Wildman–Crippen MR) is 86.1 cm³/mol. The van der Waals surface area contributed by atoms with Gasteiger partial charge in [0.15, 0.2) is 11.6 Å². The summed E-state index contributed by atoms with van der Waals surface area (Å²) in [7, 11) is 0. The van der Waals surface area contributed by atoms with Crippen molar-refractivity contribution in [3.05, 3.63) is 34.9 Å². The van der Waals surface area contributed by atoms with Gasteiger partial charge in [-0.25, -0.2) is 4.99 Å². The Kier molecular flexibility index (Phi) is 3.99. The zero-order valence-electron chi connectivity index (χ0n) is 11.5. The van der Waals surface area contributed by atoms with Gasteiger partial charge in [0.05, 0.1) is 6.04 Å². The molecule has 1 saturated carbocycles. The molecule has 2 aliphatic rings. The number of Topliss-reactive ketones (excluding diaryl/α,β-unsaturated/α-hetero) is 1. The number of halogens is 1. The van der Waals surface area contributed by atoms with Gasteiger partial charge >= 0.3 is 0 Å². The summed E-state index contributed by atoms with van der Waals surface area (Å²) in [6.07, 6.45) is 1.73. The van der Waals surface area contributed by atoms with Crippen molar-refractivity contribution in [2.45, 2.75) is 36.9 Å². The monoisotopic (exact) mass is 324 g/mol. The Morgan fingerprint density at radius 3 is 3.00 bits per heavy atom. The fraction of sp³-hybridized carbons (Fsp3) is 0.467. The molecule has 6 heteroatoms. The number of thiol groups is 1. The van der Waals surface area contributed by atoms with E-state index >= 15 is 0 Å². The maximum Gasteiger partial charge on any atom is 0.205 e. The zero-order valence-corrected chi connectivity index (χ0v) is 13.1. The lowest BCUT2D eigenvalue weighted by Crippen LogP contribution is -2.54. The van der Waals surface area contributed by atoms with Crippen LogP contribution in [0.5, 0.6) is 0 Å². The van der Waals surface area contributed by atoms with E-state index in [-0.39, 0.29) is 5.78 Å². The summed E-state index contributed by atoms with van der Waals surface area (Å²) in [5.74, 6) is 0.810. The molecule has 1 aromatic rings. The van der Waals surface area contributed by atoms with Gasteiger partial charge < -0.3 is 10.5 Å². The molecule has 2 bridgehead atoms. The van der Waals surface area contributed by atoms with Gasteiger partial charge in [-0.3, -0.25) is 4.79 Å². The minimum Gasteiger partial charge on any atom is -0.468 e. The second-order valence-corrected chi connectivity index (χ2v) is 6.21. The number of benzene rings is 1. The molecule has 2 N–H and O–H groups in total. The van der Waals surface area contributed by atoms with E-state index < -0.39 is 17.7 Å². The van der Waals surface area contributed by atoms with Crippen LogP contribution in [0.2, 0.25) is 5.02 Å². The minimum atomic E-state index is -0.949. The van der Waals surface area contributed by atoms with E-state index in [0.717, 1.165) is 12.0 Å². The number of aliphatic imine (C=N–C) groups is 1. The van der Waals surface area contributed by atoms with Gasteiger partial charge in [0.2, 0.25) is 11.7 Å². The molecule has 1 fully saturated rings. The number of hydrogen-bond acceptors (Lipinski definition) is 5. The van der Waals surface area contributed by atoms with E-state index in [4.69, 9.17) is 22.1 Å². The average molecular weight is 325 g/mol. The third kappa shape index (κ3) is 2.37. The van der Waals surface area contributed by atoms with Crippen molar-refractivity contribution < 1.29 is 9.53 Å². The molecule has 0 spiro atoms. The number of ether oxygens (including phenoxy) is 1. The molecule has 21 heavy (non-hydrogen) atoms. The topological polar surface area (TPSA) is 64.7 Å². The van der Waals surface area contributed by atoms with Gasteiger partial charge in [0, 0.05) is 16.3 Å². The molecule has 3 atom stereocenters. The van der Waals surface area contributed by atoms with Crippen LogP contribution >= 0.6 is 24.2 Å². The van der Waals surface area contributed by atoms with E-state index in [0.29, 0.717) is 29.5 Å². The number of carbonyl (C=O) groups is 1. The molecular formula is C15H17ClN2O2S. The van der Waals surface area contributed by atoms with Crippen LogP contribution in [0.3, 0.4) is 0 Å². The number of fused-ring (bicyclic) bond motifs is 2. The first-order valence-corrected chi connectivity index (χ1v) is 8.01. The van der Waals surface area contributed by atoms with Crippen LogP contribution < -0.4 is 5.73 Å². The lowest BCUT2D eigenvalue weighted by molar-refractivity contribution is -0.137. The molecule has 0 radical (unpaired) electrons. The maximum absolute atomic E-state index is 12.8. The van der Waals surface area contributed by atoms with Crippen LogP contribution in [0.4, 0.5) is 0 Å². The normalized spacial score (nSPS) is 29.6. The molecule has 3 rings (SSSR count). The Hall–Kier alpha value is -1.04. The highest BCUT2D eigenvalue weighted by atomic mass is 35.5. The van der Waals surface area contributed by atoms with Crippen LogP contribution in [0, 0.1) is 0 Å². The van der Waals surface area contributed by atoms with Crippen LogP contribution in [0.15, 0.2) is 29.3 Å². The smallest absolute Gasteiger partial charge is 0.205 e. The SMILES string of the molecule is NC(CS)C1=NC2(c3ccccc3Cl)CCC[C@H](O1)C2=O. The largest absolute Gasteiger partial charge is 0.468 e. The summed E-state index contributed by atoms with van der Waals surface area (Å²) in [5.41, 5.74) is 5.79. The molecule has 4 nitrogen and oxygen atoms in total. The van der Waals surface area contributed by atoms with Gasteiger partial charge in [0.25, 0.3) is 0 Å². The highest BCUT2D eigenvalue weighted by molar-refractivity contribution is 7.80. The van der Waals surface area contributed by atoms with Crippen molar-refractivity contribution in [2.24, 2.45) is 10.7 Å². The lowest BCUT2D eigenvalue weighted by atomic mass is 9.74. The predicted octanol–water partition coefficient (Wildman–Crippen LogP) is 2.34. The number of carbonyl (C=O) groups excluding carboxylic acids is 1. The van der Waals surface area contributed by atoms with Gasteiger partial charge in [-0.15, -0.1) is 0 Å². The standard InChI is InChI=1S/C15H17ClN2O2S/c16-10-5-2-1-4-9(10)15-7-3-6-12(13(15)19)20-14(18-15)11(17)8-21/h1-2,4-5,11-12,21H,3,6-8,17H2/t11?,12-,15?/m0/s1. The van der Waals surface area contributed by atoms with Crippen molar-refractivity contribution in [3.8, 4) is 0 Å². The summed E-state index contributed by atoms with van der Waals surface area (Å²) in [6.45, 7) is 0. The van der Waals surface area contributed by atoms with Crippen molar-refractivity contribution in [2.75, 3.05) is 5.75 Å². The lowest BCUT2D eigenvalue weighted by Gasteiger charge is -2.42. The van der Waals surface area contributed by atoms with E-state index in [9.17, 15) is 4.79 Å².